The molecule has 1 N–H and O–H groups in total. The summed E-state index contributed by atoms with van der Waals surface area (Å²) in [4.78, 5) is 14.9. The molecule has 0 radical (unpaired) electrons. The van der Waals surface area contributed by atoms with E-state index >= 15 is 0 Å². The molecule has 100 valence electrons. The van der Waals surface area contributed by atoms with Gasteiger partial charge in [0.2, 0.25) is 5.91 Å². The van der Waals surface area contributed by atoms with Crippen LogP contribution in [0.3, 0.4) is 0 Å². The highest BCUT2D eigenvalue weighted by Crippen LogP contribution is 2.36. The van der Waals surface area contributed by atoms with E-state index in [2.05, 4.69) is 34.5 Å². The smallest absolute Gasteiger partial charge is 0.230 e. The van der Waals surface area contributed by atoms with Gasteiger partial charge in [0.25, 0.3) is 0 Å². The van der Waals surface area contributed by atoms with E-state index in [0.717, 1.165) is 39.0 Å². The summed E-state index contributed by atoms with van der Waals surface area (Å²) in [6, 6.07) is 8.46. The van der Waals surface area contributed by atoms with Crippen LogP contribution in [0.5, 0.6) is 0 Å². The Bertz CT molecular complexity index is 501. The van der Waals surface area contributed by atoms with Crippen LogP contribution in [0.2, 0.25) is 0 Å². The number of hydrogen-bond acceptors (Lipinski definition) is 2. The minimum Gasteiger partial charge on any atom is -0.341 e. The molecule has 3 heteroatoms. The summed E-state index contributed by atoms with van der Waals surface area (Å²) >= 11 is 0. The molecule has 2 aliphatic heterocycles. The number of carbonyl (C=O) groups is 1. The lowest BCUT2D eigenvalue weighted by molar-refractivity contribution is -0.132. The quantitative estimate of drug-likeness (QED) is 0.823. The Hall–Kier alpha value is -1.35. The highest BCUT2D eigenvalue weighted by atomic mass is 16.2. The maximum Gasteiger partial charge on any atom is 0.230 e. The first-order chi connectivity index (χ1) is 9.33. The first-order valence-electron chi connectivity index (χ1n) is 7.40. The molecule has 1 unspecified atom stereocenters. The van der Waals surface area contributed by atoms with Crippen molar-refractivity contribution in [3.8, 4) is 0 Å². The number of hydrogen-bond donors (Lipinski definition) is 1. The molecule has 1 amide bonds. The average Bonchev–Trinajstić information content (AvgIpc) is 3.11. The normalized spacial score (nSPS) is 32.4. The van der Waals surface area contributed by atoms with E-state index in [4.69, 9.17) is 0 Å². The van der Waals surface area contributed by atoms with E-state index < -0.39 is 0 Å². The Morgan fingerprint density at radius 1 is 1.16 bits per heavy atom. The Kier molecular flexibility index (Phi) is 2.62. The lowest BCUT2D eigenvalue weighted by atomic mass is 10.00. The Balaban J connectivity index is 1.53. The zero-order chi connectivity index (χ0) is 12.8. The van der Waals surface area contributed by atoms with Crippen LogP contribution in [0.4, 0.5) is 0 Å². The van der Waals surface area contributed by atoms with Gasteiger partial charge in [-0.05, 0) is 35.8 Å². The summed E-state index contributed by atoms with van der Waals surface area (Å²) in [5.74, 6) is 1.89. The van der Waals surface area contributed by atoms with Gasteiger partial charge in [-0.3, -0.25) is 4.79 Å². The number of nitrogens with zero attached hydrogens (tertiary/aromatic N) is 1. The first kappa shape index (κ1) is 11.5. The van der Waals surface area contributed by atoms with Gasteiger partial charge in [-0.1, -0.05) is 24.3 Å². The fraction of sp³-hybridized carbons (Fsp3) is 0.562. The molecule has 3 aliphatic rings. The van der Waals surface area contributed by atoms with Crippen LogP contribution in [-0.2, 0) is 11.2 Å². The zero-order valence-corrected chi connectivity index (χ0v) is 11.1. The first-order valence-corrected chi connectivity index (χ1v) is 7.40. The van der Waals surface area contributed by atoms with Gasteiger partial charge in [-0.25, -0.2) is 0 Å². The monoisotopic (exact) mass is 256 g/mol. The predicted molar refractivity (Wildman–Crippen MR) is 73.9 cm³/mol. The van der Waals surface area contributed by atoms with Crippen molar-refractivity contribution >= 4 is 5.91 Å². The van der Waals surface area contributed by atoms with Crippen molar-refractivity contribution < 1.29 is 4.79 Å². The standard InChI is InChI=1S/C16H20N2O/c19-16(18-9-12-7-17-8-13(12)10-18)15-6-5-11-3-1-2-4-14(11)15/h1-4,12-13,15,17H,5-10H2/t12-,13+,15?. The SMILES string of the molecule is O=C(C1CCc2ccccc21)N1C[C@H]2CNC[C@H]2C1. The van der Waals surface area contributed by atoms with E-state index in [0.29, 0.717) is 17.7 Å². The zero-order valence-electron chi connectivity index (χ0n) is 11.1. The van der Waals surface area contributed by atoms with Crippen molar-refractivity contribution in [2.45, 2.75) is 18.8 Å². The molecule has 2 heterocycles. The van der Waals surface area contributed by atoms with E-state index in [-0.39, 0.29) is 5.92 Å². The molecule has 0 aromatic heterocycles. The highest BCUT2D eigenvalue weighted by molar-refractivity contribution is 5.85. The van der Waals surface area contributed by atoms with E-state index in [1.165, 1.54) is 11.1 Å². The molecule has 1 aliphatic carbocycles. The lowest BCUT2D eigenvalue weighted by Gasteiger charge is -2.22. The number of likely N-dealkylation sites (tertiary alicyclic amines) is 1. The number of fused-ring (bicyclic) bond motifs is 2. The number of benzene rings is 1. The van der Waals surface area contributed by atoms with Crippen molar-refractivity contribution in [1.29, 1.82) is 0 Å². The molecule has 0 spiro atoms. The highest BCUT2D eigenvalue weighted by Gasteiger charge is 2.41. The number of rotatable bonds is 1. The number of nitrogens with one attached hydrogen (secondary N) is 1. The molecule has 2 fully saturated rings. The molecule has 3 nitrogen and oxygen atoms in total. The minimum absolute atomic E-state index is 0.128. The van der Waals surface area contributed by atoms with Crippen molar-refractivity contribution in [3.63, 3.8) is 0 Å². The van der Waals surface area contributed by atoms with Crippen molar-refractivity contribution in [1.82, 2.24) is 10.2 Å². The molecule has 0 saturated carbocycles. The summed E-state index contributed by atoms with van der Waals surface area (Å²) in [5.41, 5.74) is 2.66. The predicted octanol–water partition coefficient (Wildman–Crippen LogP) is 1.39. The fourth-order valence-electron chi connectivity index (χ4n) is 4.07. The van der Waals surface area contributed by atoms with Crippen LogP contribution in [0.15, 0.2) is 24.3 Å². The molecule has 1 aromatic rings. The molecule has 3 atom stereocenters. The number of amides is 1. The number of aryl methyl sites for hydroxylation is 1. The molecule has 19 heavy (non-hydrogen) atoms. The minimum atomic E-state index is 0.128. The molecule has 1 aromatic carbocycles. The summed E-state index contributed by atoms with van der Waals surface area (Å²) in [5, 5.41) is 3.43. The maximum atomic E-state index is 12.7. The van der Waals surface area contributed by atoms with Gasteiger partial charge >= 0.3 is 0 Å². The lowest BCUT2D eigenvalue weighted by Crippen LogP contribution is -2.35. The average molecular weight is 256 g/mol. The van der Waals surface area contributed by atoms with Gasteiger partial charge in [0.1, 0.15) is 0 Å². The van der Waals surface area contributed by atoms with Gasteiger partial charge in [0.15, 0.2) is 0 Å². The van der Waals surface area contributed by atoms with Gasteiger partial charge in [0, 0.05) is 26.2 Å². The second-order valence-electron chi connectivity index (χ2n) is 6.21. The third kappa shape index (κ3) is 1.79. The van der Waals surface area contributed by atoms with Gasteiger partial charge < -0.3 is 10.2 Å². The molecular weight excluding hydrogens is 236 g/mol. The molecule has 0 bridgehead atoms. The third-order valence-electron chi connectivity index (χ3n) is 5.13. The van der Waals surface area contributed by atoms with Crippen LogP contribution in [0, 0.1) is 11.8 Å². The van der Waals surface area contributed by atoms with Crippen LogP contribution in [-0.4, -0.2) is 37.0 Å². The molecular formula is C16H20N2O. The second-order valence-corrected chi connectivity index (χ2v) is 6.21. The Labute approximate surface area is 114 Å². The Morgan fingerprint density at radius 2 is 1.89 bits per heavy atom. The maximum absolute atomic E-state index is 12.7. The van der Waals surface area contributed by atoms with E-state index in [1.54, 1.807) is 0 Å². The van der Waals surface area contributed by atoms with Crippen molar-refractivity contribution in [2.75, 3.05) is 26.2 Å². The van der Waals surface area contributed by atoms with E-state index in [9.17, 15) is 4.79 Å². The van der Waals surface area contributed by atoms with Crippen LogP contribution in [0.25, 0.3) is 0 Å². The Morgan fingerprint density at radius 3 is 2.68 bits per heavy atom. The van der Waals surface area contributed by atoms with Crippen LogP contribution < -0.4 is 5.32 Å². The largest absolute Gasteiger partial charge is 0.341 e. The van der Waals surface area contributed by atoms with E-state index in [1.807, 2.05) is 0 Å². The van der Waals surface area contributed by atoms with Gasteiger partial charge in [-0.15, -0.1) is 0 Å². The molecule has 2 saturated heterocycles. The summed E-state index contributed by atoms with van der Waals surface area (Å²) in [6.45, 7) is 4.12. The fourth-order valence-corrected chi connectivity index (χ4v) is 4.07. The van der Waals surface area contributed by atoms with Gasteiger partial charge in [-0.2, -0.15) is 0 Å². The van der Waals surface area contributed by atoms with Crippen LogP contribution in [0.1, 0.15) is 23.5 Å². The summed E-state index contributed by atoms with van der Waals surface area (Å²) < 4.78 is 0. The molecule has 4 rings (SSSR count). The number of carbonyl (C=O) groups excluding carboxylic acids is 1. The van der Waals surface area contributed by atoms with Gasteiger partial charge in [0.05, 0.1) is 5.92 Å². The second kappa shape index (κ2) is 4.34. The van der Waals surface area contributed by atoms with Crippen LogP contribution >= 0.6 is 0 Å². The summed E-state index contributed by atoms with van der Waals surface area (Å²) in [6.07, 6.45) is 2.07. The van der Waals surface area contributed by atoms with Crippen molar-refractivity contribution in [3.05, 3.63) is 35.4 Å². The third-order valence-corrected chi connectivity index (χ3v) is 5.13. The summed E-state index contributed by atoms with van der Waals surface area (Å²) in [7, 11) is 0. The topological polar surface area (TPSA) is 32.3 Å². The van der Waals surface area contributed by atoms with Crippen molar-refractivity contribution in [2.24, 2.45) is 11.8 Å².